The molecule has 3 rings (SSSR count). The Kier molecular flexibility index (Phi) is 2.44. The molecule has 0 radical (unpaired) electrons. The summed E-state index contributed by atoms with van der Waals surface area (Å²) in [5, 5.41) is 1.25. The van der Waals surface area contributed by atoms with Crippen molar-refractivity contribution >= 4 is 16.9 Å². The first kappa shape index (κ1) is 11.3. The highest BCUT2D eigenvalue weighted by Gasteiger charge is 2.51. The molecule has 3 nitrogen and oxygen atoms in total. The van der Waals surface area contributed by atoms with E-state index in [1.54, 1.807) is 0 Å². The minimum absolute atomic E-state index is 0.0598. The zero-order valence-corrected chi connectivity index (χ0v) is 10.8. The average molecular weight is 243 g/mol. The van der Waals surface area contributed by atoms with E-state index in [1.807, 2.05) is 19.2 Å². The van der Waals surface area contributed by atoms with Gasteiger partial charge in [0.25, 0.3) is 0 Å². The molecule has 0 atom stereocenters. The molecule has 1 aliphatic rings. The molecule has 1 aromatic carbocycles. The standard InChI is InChI=1S/C15H17NO2/c1-16-10-11(12-5-3-4-6-13(12)16)9-15(7-8-15)14(17)18-2/h3-6,10H,7-9H2,1-2H3. The predicted octanol–water partition coefficient (Wildman–Crippen LogP) is 2.67. The van der Waals surface area contributed by atoms with Gasteiger partial charge in [0.2, 0.25) is 0 Å². The second-order valence-electron chi connectivity index (χ2n) is 5.23. The number of benzene rings is 1. The fourth-order valence-corrected chi connectivity index (χ4v) is 2.75. The number of aromatic nitrogens is 1. The number of aryl methyl sites for hydroxylation is 1. The number of fused-ring (bicyclic) bond motifs is 1. The van der Waals surface area contributed by atoms with Gasteiger partial charge in [-0.15, -0.1) is 0 Å². The molecule has 0 bridgehead atoms. The Morgan fingerprint density at radius 1 is 1.39 bits per heavy atom. The van der Waals surface area contributed by atoms with Gasteiger partial charge in [0.15, 0.2) is 0 Å². The number of hydrogen-bond acceptors (Lipinski definition) is 2. The summed E-state index contributed by atoms with van der Waals surface area (Å²) in [6.07, 6.45) is 4.82. The predicted molar refractivity (Wildman–Crippen MR) is 70.3 cm³/mol. The first-order valence-electron chi connectivity index (χ1n) is 6.28. The van der Waals surface area contributed by atoms with E-state index in [0.717, 1.165) is 19.3 Å². The summed E-state index contributed by atoms with van der Waals surface area (Å²) in [5.41, 5.74) is 2.21. The maximum Gasteiger partial charge on any atom is 0.312 e. The van der Waals surface area contributed by atoms with Crippen molar-refractivity contribution in [2.45, 2.75) is 19.3 Å². The third kappa shape index (κ3) is 1.62. The molecule has 2 aromatic rings. The summed E-state index contributed by atoms with van der Waals surface area (Å²) in [6, 6.07) is 8.32. The van der Waals surface area contributed by atoms with E-state index >= 15 is 0 Å². The monoisotopic (exact) mass is 243 g/mol. The van der Waals surface area contributed by atoms with Crippen molar-refractivity contribution in [2.24, 2.45) is 12.5 Å². The number of hydrogen-bond donors (Lipinski definition) is 0. The van der Waals surface area contributed by atoms with E-state index < -0.39 is 0 Å². The Hall–Kier alpha value is -1.77. The number of ether oxygens (including phenoxy) is 1. The van der Waals surface area contributed by atoms with Crippen molar-refractivity contribution in [3.63, 3.8) is 0 Å². The Balaban J connectivity index is 1.99. The summed E-state index contributed by atoms with van der Waals surface area (Å²) in [7, 11) is 3.52. The van der Waals surface area contributed by atoms with Crippen LogP contribution in [-0.4, -0.2) is 17.6 Å². The number of rotatable bonds is 3. The van der Waals surface area contributed by atoms with E-state index in [-0.39, 0.29) is 11.4 Å². The molecule has 0 amide bonds. The van der Waals surface area contributed by atoms with Crippen LogP contribution < -0.4 is 0 Å². The van der Waals surface area contributed by atoms with Crippen LogP contribution in [0, 0.1) is 5.41 Å². The first-order valence-corrected chi connectivity index (χ1v) is 6.28. The SMILES string of the molecule is COC(=O)C1(Cc2cn(C)c3ccccc23)CC1. The Morgan fingerprint density at radius 3 is 2.78 bits per heavy atom. The van der Waals surface area contributed by atoms with Crippen LogP contribution >= 0.6 is 0 Å². The van der Waals surface area contributed by atoms with E-state index in [2.05, 4.69) is 22.9 Å². The van der Waals surface area contributed by atoms with Gasteiger partial charge >= 0.3 is 5.97 Å². The largest absolute Gasteiger partial charge is 0.469 e. The van der Waals surface area contributed by atoms with Gasteiger partial charge in [-0.25, -0.2) is 0 Å². The number of methoxy groups -OCH3 is 1. The highest BCUT2D eigenvalue weighted by molar-refractivity contribution is 5.86. The molecule has 0 spiro atoms. The van der Waals surface area contributed by atoms with Crippen molar-refractivity contribution in [2.75, 3.05) is 7.11 Å². The molecule has 3 heteroatoms. The third-order valence-corrected chi connectivity index (χ3v) is 3.98. The first-order chi connectivity index (χ1) is 8.66. The zero-order valence-electron chi connectivity index (χ0n) is 10.8. The lowest BCUT2D eigenvalue weighted by Crippen LogP contribution is -2.19. The van der Waals surface area contributed by atoms with Crippen LogP contribution in [-0.2, 0) is 23.0 Å². The lowest BCUT2D eigenvalue weighted by Gasteiger charge is -2.11. The number of esters is 1. The van der Waals surface area contributed by atoms with Crippen LogP contribution in [0.4, 0.5) is 0 Å². The molecule has 1 saturated carbocycles. The van der Waals surface area contributed by atoms with Crippen molar-refractivity contribution in [1.82, 2.24) is 4.57 Å². The van der Waals surface area contributed by atoms with Crippen molar-refractivity contribution in [1.29, 1.82) is 0 Å². The van der Waals surface area contributed by atoms with Gasteiger partial charge in [-0.2, -0.15) is 0 Å². The fourth-order valence-electron chi connectivity index (χ4n) is 2.75. The normalized spacial score (nSPS) is 16.8. The van der Waals surface area contributed by atoms with Crippen LogP contribution in [0.15, 0.2) is 30.5 Å². The van der Waals surface area contributed by atoms with E-state index in [4.69, 9.17) is 4.74 Å². The van der Waals surface area contributed by atoms with Gasteiger partial charge in [0, 0.05) is 24.1 Å². The Bertz CT molecular complexity index is 608. The molecule has 1 aromatic heterocycles. The zero-order chi connectivity index (χ0) is 12.8. The van der Waals surface area contributed by atoms with Crippen LogP contribution in [0.2, 0.25) is 0 Å². The highest BCUT2D eigenvalue weighted by atomic mass is 16.5. The Morgan fingerprint density at radius 2 is 2.11 bits per heavy atom. The third-order valence-electron chi connectivity index (χ3n) is 3.98. The van der Waals surface area contributed by atoms with E-state index in [9.17, 15) is 4.79 Å². The molecular weight excluding hydrogens is 226 g/mol. The molecule has 1 heterocycles. The van der Waals surface area contributed by atoms with E-state index in [1.165, 1.54) is 23.6 Å². The lowest BCUT2D eigenvalue weighted by molar-refractivity contribution is -0.147. The minimum atomic E-state index is -0.251. The summed E-state index contributed by atoms with van der Waals surface area (Å²) in [5.74, 6) is -0.0598. The number of nitrogens with zero attached hydrogens (tertiary/aromatic N) is 1. The molecule has 1 aliphatic carbocycles. The molecule has 18 heavy (non-hydrogen) atoms. The topological polar surface area (TPSA) is 31.2 Å². The molecule has 1 fully saturated rings. The van der Waals surface area contributed by atoms with Gasteiger partial charge in [0.05, 0.1) is 12.5 Å². The van der Waals surface area contributed by atoms with Crippen LogP contribution in [0.3, 0.4) is 0 Å². The number of carbonyl (C=O) groups excluding carboxylic acids is 1. The molecule has 0 aliphatic heterocycles. The molecule has 0 saturated heterocycles. The van der Waals surface area contributed by atoms with Crippen LogP contribution in [0.1, 0.15) is 18.4 Å². The van der Waals surface area contributed by atoms with E-state index in [0.29, 0.717) is 0 Å². The number of carbonyl (C=O) groups is 1. The smallest absolute Gasteiger partial charge is 0.312 e. The second kappa shape index (κ2) is 3.87. The molecule has 94 valence electrons. The Labute approximate surface area is 106 Å². The van der Waals surface area contributed by atoms with Crippen molar-refractivity contribution in [3.8, 4) is 0 Å². The summed E-state index contributed by atoms with van der Waals surface area (Å²) < 4.78 is 7.05. The van der Waals surface area contributed by atoms with Gasteiger partial charge in [-0.3, -0.25) is 4.79 Å². The van der Waals surface area contributed by atoms with Crippen molar-refractivity contribution in [3.05, 3.63) is 36.0 Å². The second-order valence-corrected chi connectivity index (χ2v) is 5.23. The minimum Gasteiger partial charge on any atom is -0.469 e. The number of para-hydroxylation sites is 1. The summed E-state index contributed by atoms with van der Waals surface area (Å²) in [6.45, 7) is 0. The lowest BCUT2D eigenvalue weighted by atomic mass is 9.96. The molecule has 0 unspecified atom stereocenters. The van der Waals surface area contributed by atoms with Crippen LogP contribution in [0.25, 0.3) is 10.9 Å². The summed E-state index contributed by atoms with van der Waals surface area (Å²) in [4.78, 5) is 11.8. The maximum absolute atomic E-state index is 11.8. The molecular formula is C15H17NO2. The van der Waals surface area contributed by atoms with Gasteiger partial charge in [0.1, 0.15) is 0 Å². The summed E-state index contributed by atoms with van der Waals surface area (Å²) >= 11 is 0. The molecule has 0 N–H and O–H groups in total. The highest BCUT2D eigenvalue weighted by Crippen LogP contribution is 2.50. The quantitative estimate of drug-likeness (QED) is 0.776. The van der Waals surface area contributed by atoms with Gasteiger partial charge in [-0.05, 0) is 30.9 Å². The van der Waals surface area contributed by atoms with Crippen molar-refractivity contribution < 1.29 is 9.53 Å². The van der Waals surface area contributed by atoms with Gasteiger partial charge < -0.3 is 9.30 Å². The average Bonchev–Trinajstić information content (AvgIpc) is 3.11. The van der Waals surface area contributed by atoms with Crippen LogP contribution in [0.5, 0.6) is 0 Å². The fraction of sp³-hybridized carbons (Fsp3) is 0.400. The maximum atomic E-state index is 11.8. The van der Waals surface area contributed by atoms with Gasteiger partial charge in [-0.1, -0.05) is 18.2 Å².